The van der Waals surface area contributed by atoms with Crippen molar-refractivity contribution in [1.82, 2.24) is 10.6 Å². The Hall–Kier alpha value is -4.08. The van der Waals surface area contributed by atoms with E-state index in [1.807, 2.05) is 18.2 Å². The van der Waals surface area contributed by atoms with Gasteiger partial charge in [-0.1, -0.05) is 53.9 Å². The molecule has 1 fully saturated rings. The second kappa shape index (κ2) is 12.6. The van der Waals surface area contributed by atoms with E-state index in [4.69, 9.17) is 22.8 Å². The van der Waals surface area contributed by atoms with Gasteiger partial charge in [-0.15, -0.1) is 6.42 Å². The molecule has 2 amide bonds. The quantitative estimate of drug-likeness (QED) is 0.177. The number of carbonyl (C=O) groups excluding carboxylic acids is 3. The van der Waals surface area contributed by atoms with Crippen LogP contribution in [0.15, 0.2) is 73.0 Å². The van der Waals surface area contributed by atoms with Gasteiger partial charge >= 0.3 is 11.8 Å². The van der Waals surface area contributed by atoms with E-state index in [0.29, 0.717) is 22.6 Å². The SMILES string of the molecule is C#CCNC(=O)C(=O)NCc1ccccc1C(=O)CC(=C)CC1(c2cc(Cl)cc(C3=CCCC=CO3)c2)CC1. The molecule has 1 aliphatic carbocycles. The largest absolute Gasteiger partial charge is 0.465 e. The number of nitrogens with one attached hydrogen (secondary N) is 2. The summed E-state index contributed by atoms with van der Waals surface area (Å²) in [6.07, 6.45) is 15.6. The minimum Gasteiger partial charge on any atom is -0.465 e. The summed E-state index contributed by atoms with van der Waals surface area (Å²) in [5, 5.41) is 5.51. The van der Waals surface area contributed by atoms with Gasteiger partial charge in [0.2, 0.25) is 0 Å². The highest BCUT2D eigenvalue weighted by molar-refractivity contribution is 6.35. The van der Waals surface area contributed by atoms with E-state index in [1.54, 1.807) is 30.5 Å². The van der Waals surface area contributed by atoms with E-state index < -0.39 is 11.8 Å². The van der Waals surface area contributed by atoms with E-state index in [2.05, 4.69) is 35.3 Å². The molecule has 39 heavy (non-hydrogen) atoms. The third kappa shape index (κ3) is 7.28. The van der Waals surface area contributed by atoms with Crippen molar-refractivity contribution in [2.24, 2.45) is 0 Å². The van der Waals surface area contributed by atoms with Crippen LogP contribution in [-0.4, -0.2) is 24.1 Å². The highest BCUT2D eigenvalue weighted by atomic mass is 35.5. The molecule has 0 atom stereocenters. The summed E-state index contributed by atoms with van der Waals surface area (Å²) in [5.41, 5.74) is 3.92. The fourth-order valence-electron chi connectivity index (χ4n) is 4.77. The monoisotopic (exact) mass is 542 g/mol. The first-order valence-electron chi connectivity index (χ1n) is 12.9. The van der Waals surface area contributed by atoms with Gasteiger partial charge in [-0.25, -0.2) is 0 Å². The molecule has 0 aromatic heterocycles. The lowest BCUT2D eigenvalue weighted by molar-refractivity contribution is -0.139. The molecule has 200 valence electrons. The number of terminal acetylenes is 1. The maximum absolute atomic E-state index is 13.3. The van der Waals surface area contributed by atoms with Crippen molar-refractivity contribution in [1.29, 1.82) is 0 Å². The number of ketones is 1. The molecule has 1 heterocycles. The third-order valence-electron chi connectivity index (χ3n) is 6.92. The van der Waals surface area contributed by atoms with Crippen LogP contribution >= 0.6 is 11.6 Å². The second-order valence-corrected chi connectivity index (χ2v) is 10.3. The number of carbonyl (C=O) groups is 3. The minimum absolute atomic E-state index is 0.0373. The second-order valence-electron chi connectivity index (χ2n) is 9.90. The van der Waals surface area contributed by atoms with Gasteiger partial charge < -0.3 is 15.4 Å². The van der Waals surface area contributed by atoms with Crippen LogP contribution < -0.4 is 10.6 Å². The summed E-state index contributed by atoms with van der Waals surface area (Å²) in [5.74, 6) is 1.32. The molecular formula is C32H31ClN2O4. The highest BCUT2D eigenvalue weighted by Gasteiger charge is 2.44. The van der Waals surface area contributed by atoms with Gasteiger partial charge in [-0.05, 0) is 79.0 Å². The van der Waals surface area contributed by atoms with E-state index in [-0.39, 0.29) is 30.7 Å². The number of ether oxygens (including phenoxy) is 1. The van der Waals surface area contributed by atoms with Crippen molar-refractivity contribution in [3.05, 3.63) is 100 Å². The zero-order valence-electron chi connectivity index (χ0n) is 21.7. The Morgan fingerprint density at radius 3 is 2.62 bits per heavy atom. The zero-order valence-corrected chi connectivity index (χ0v) is 22.5. The molecule has 4 rings (SSSR count). The Kier molecular flexibility index (Phi) is 9.06. The highest BCUT2D eigenvalue weighted by Crippen LogP contribution is 2.53. The molecule has 0 bridgehead atoms. The van der Waals surface area contributed by atoms with Gasteiger partial charge in [0.15, 0.2) is 5.78 Å². The Labute approximate surface area is 234 Å². The maximum atomic E-state index is 13.3. The average Bonchev–Trinajstić information content (AvgIpc) is 3.74. The van der Waals surface area contributed by atoms with E-state index in [9.17, 15) is 14.4 Å². The Morgan fingerprint density at radius 2 is 1.85 bits per heavy atom. The number of Topliss-reactive ketones (excluding diaryl/α,β-unsaturated/α-hetero) is 1. The van der Waals surface area contributed by atoms with E-state index >= 15 is 0 Å². The lowest BCUT2D eigenvalue weighted by Gasteiger charge is -2.19. The first kappa shape index (κ1) is 27.9. The van der Waals surface area contributed by atoms with Crippen molar-refractivity contribution in [2.75, 3.05) is 6.54 Å². The third-order valence-corrected chi connectivity index (χ3v) is 7.13. The van der Waals surface area contributed by atoms with Crippen LogP contribution in [0.4, 0.5) is 0 Å². The molecule has 7 heteroatoms. The van der Waals surface area contributed by atoms with Crippen molar-refractivity contribution >= 4 is 35.0 Å². The van der Waals surface area contributed by atoms with Crippen LogP contribution in [-0.2, 0) is 26.3 Å². The molecule has 2 aromatic rings. The maximum Gasteiger partial charge on any atom is 0.310 e. The van der Waals surface area contributed by atoms with Gasteiger partial charge in [0.05, 0.1) is 12.8 Å². The average molecular weight is 543 g/mol. The molecular weight excluding hydrogens is 512 g/mol. The number of benzene rings is 2. The molecule has 0 spiro atoms. The number of amides is 2. The van der Waals surface area contributed by atoms with Crippen LogP contribution in [0.5, 0.6) is 0 Å². The summed E-state index contributed by atoms with van der Waals surface area (Å²) in [4.78, 5) is 37.1. The van der Waals surface area contributed by atoms with Crippen LogP contribution in [0.3, 0.4) is 0 Å². The van der Waals surface area contributed by atoms with Crippen LogP contribution in [0, 0.1) is 12.3 Å². The summed E-state index contributed by atoms with van der Waals surface area (Å²) in [6.45, 7) is 4.24. The van der Waals surface area contributed by atoms with Gasteiger partial charge in [0.25, 0.3) is 0 Å². The Balaban J connectivity index is 1.41. The first-order valence-corrected chi connectivity index (χ1v) is 13.3. The summed E-state index contributed by atoms with van der Waals surface area (Å²) in [6, 6.07) is 13.1. The van der Waals surface area contributed by atoms with Gasteiger partial charge in [0.1, 0.15) is 5.76 Å². The number of hydrogen-bond acceptors (Lipinski definition) is 4. The number of halogens is 1. The van der Waals surface area contributed by atoms with E-state index in [1.165, 1.54) is 0 Å². The smallest absolute Gasteiger partial charge is 0.310 e. The number of rotatable bonds is 10. The fourth-order valence-corrected chi connectivity index (χ4v) is 5.00. The first-order chi connectivity index (χ1) is 18.8. The fraction of sp³-hybridized carbons (Fsp3) is 0.281. The predicted octanol–water partition coefficient (Wildman–Crippen LogP) is 5.62. The molecule has 6 nitrogen and oxygen atoms in total. The zero-order chi connectivity index (χ0) is 27.8. The lowest BCUT2D eigenvalue weighted by atomic mass is 9.86. The predicted molar refractivity (Wildman–Crippen MR) is 153 cm³/mol. The van der Waals surface area contributed by atoms with Gasteiger partial charge in [-0.3, -0.25) is 14.4 Å². The standard InChI is InChI=1S/C32H31ClN2O4/c1-3-14-34-30(37)31(38)35-21-23-9-6-7-10-27(23)28(36)16-22(2)20-32(12-13-32)25-17-24(18-26(33)19-25)29-11-5-4-8-15-39-29/h1,6-11,15,17-19H,2,4-5,12-14,16,20-21H2,(H,34,37)(H,35,38). The minimum atomic E-state index is -0.817. The van der Waals surface area contributed by atoms with Crippen molar-refractivity contribution in [2.45, 2.75) is 50.5 Å². The molecule has 2 aliphatic rings. The molecule has 2 N–H and O–H groups in total. The van der Waals surface area contributed by atoms with Crippen molar-refractivity contribution in [3.8, 4) is 12.3 Å². The van der Waals surface area contributed by atoms with Crippen LogP contribution in [0.2, 0.25) is 5.02 Å². The molecule has 2 aromatic carbocycles. The summed E-state index contributed by atoms with van der Waals surface area (Å²) >= 11 is 6.52. The summed E-state index contributed by atoms with van der Waals surface area (Å²) in [7, 11) is 0. The lowest BCUT2D eigenvalue weighted by Crippen LogP contribution is -2.39. The van der Waals surface area contributed by atoms with Crippen molar-refractivity contribution < 1.29 is 19.1 Å². The molecule has 0 saturated heterocycles. The summed E-state index contributed by atoms with van der Waals surface area (Å²) < 4.78 is 5.79. The number of allylic oxidation sites excluding steroid dienone is 3. The molecule has 1 saturated carbocycles. The van der Waals surface area contributed by atoms with E-state index in [0.717, 1.165) is 48.1 Å². The van der Waals surface area contributed by atoms with Crippen LogP contribution in [0.1, 0.15) is 65.6 Å². The Bertz CT molecular complexity index is 1400. The molecule has 0 unspecified atom stereocenters. The number of hydrogen-bond donors (Lipinski definition) is 2. The normalized spacial score (nSPS) is 15.1. The topological polar surface area (TPSA) is 84.5 Å². The van der Waals surface area contributed by atoms with Gasteiger partial charge in [-0.2, -0.15) is 0 Å². The Morgan fingerprint density at radius 1 is 1.08 bits per heavy atom. The molecule has 0 radical (unpaired) electrons. The van der Waals surface area contributed by atoms with Gasteiger partial charge in [0, 0.05) is 29.1 Å². The van der Waals surface area contributed by atoms with Crippen molar-refractivity contribution in [3.63, 3.8) is 0 Å². The molecule has 1 aliphatic heterocycles. The van der Waals surface area contributed by atoms with Crippen LogP contribution in [0.25, 0.3) is 5.76 Å².